The van der Waals surface area contributed by atoms with Gasteiger partial charge in [-0.25, -0.2) is 0 Å². The van der Waals surface area contributed by atoms with Gasteiger partial charge in [-0.3, -0.25) is 4.79 Å². The molecule has 2 rings (SSSR count). The van der Waals surface area contributed by atoms with E-state index in [1.807, 2.05) is 38.1 Å². The van der Waals surface area contributed by atoms with Crippen LogP contribution in [0.25, 0.3) is 0 Å². The van der Waals surface area contributed by atoms with Gasteiger partial charge in [0.2, 0.25) is 0 Å². The zero-order chi connectivity index (χ0) is 22.2. The highest BCUT2D eigenvalue weighted by Crippen LogP contribution is 2.33. The normalized spacial score (nSPS) is 9.64. The van der Waals surface area contributed by atoms with Crippen LogP contribution in [0.1, 0.15) is 79.9 Å². The predicted octanol–water partition coefficient (Wildman–Crippen LogP) is 7.36. The Kier molecular flexibility index (Phi) is 15.7. The largest absolute Gasteiger partial charge is 0.508 e. The Morgan fingerprint density at radius 1 is 0.893 bits per heavy atom. The molecule has 3 heteroatoms. The lowest BCUT2D eigenvalue weighted by atomic mass is 9.78. The van der Waals surface area contributed by atoms with E-state index in [0.29, 0.717) is 12.2 Å². The van der Waals surface area contributed by atoms with Crippen LogP contribution in [0.4, 0.5) is 0 Å². The van der Waals surface area contributed by atoms with Crippen molar-refractivity contribution in [2.24, 2.45) is 5.92 Å². The zero-order valence-corrected chi connectivity index (χ0v) is 19.2. The van der Waals surface area contributed by atoms with Crippen LogP contribution in [0, 0.1) is 5.92 Å². The minimum Gasteiger partial charge on any atom is -0.508 e. The van der Waals surface area contributed by atoms with Crippen LogP contribution in [0.3, 0.4) is 0 Å². The fourth-order valence-electron chi connectivity index (χ4n) is 2.05. The Balaban J connectivity index is 0. The Morgan fingerprint density at radius 2 is 1.21 bits per heavy atom. The molecule has 0 bridgehead atoms. The number of hydrogen-bond acceptors (Lipinski definition) is 3. The molecule has 0 spiro atoms. The molecule has 2 aromatic carbocycles. The van der Waals surface area contributed by atoms with E-state index in [-0.39, 0.29) is 11.2 Å². The summed E-state index contributed by atoms with van der Waals surface area (Å²) in [6, 6.07) is 14.6. The van der Waals surface area contributed by atoms with E-state index in [4.69, 9.17) is 4.74 Å². The van der Waals surface area contributed by atoms with Crippen LogP contribution in [0.15, 0.2) is 48.5 Å². The van der Waals surface area contributed by atoms with Gasteiger partial charge in [-0.1, -0.05) is 93.0 Å². The van der Waals surface area contributed by atoms with Crippen molar-refractivity contribution in [3.8, 4) is 11.5 Å². The maximum atomic E-state index is 10.3. The fraction of sp³-hybridized carbons (Fsp3) is 0.480. The molecule has 0 saturated carbocycles. The van der Waals surface area contributed by atoms with Crippen molar-refractivity contribution in [3.05, 3.63) is 59.7 Å². The molecular formula is C25H40O3. The molecule has 0 aliphatic carbocycles. The minimum atomic E-state index is -0.187. The molecular weight excluding hydrogens is 348 g/mol. The number of hydrogen-bond donors (Lipinski definition) is 1. The summed E-state index contributed by atoms with van der Waals surface area (Å²) in [6.45, 7) is 19.4. The predicted molar refractivity (Wildman–Crippen MR) is 121 cm³/mol. The van der Waals surface area contributed by atoms with Gasteiger partial charge in [-0.15, -0.1) is 0 Å². The monoisotopic (exact) mass is 388 g/mol. The summed E-state index contributed by atoms with van der Waals surface area (Å²) in [7, 11) is 0. The van der Waals surface area contributed by atoms with Gasteiger partial charge in [0.25, 0.3) is 6.47 Å². The second kappa shape index (κ2) is 15.7. The molecule has 0 unspecified atom stereocenters. The first-order chi connectivity index (χ1) is 13.2. The van der Waals surface area contributed by atoms with E-state index in [0.717, 1.165) is 17.0 Å². The van der Waals surface area contributed by atoms with Gasteiger partial charge >= 0.3 is 0 Å². The number of benzene rings is 2. The summed E-state index contributed by atoms with van der Waals surface area (Å²) >= 11 is 0. The van der Waals surface area contributed by atoms with Gasteiger partial charge in [-0.05, 0) is 41.3 Å². The number of carbonyl (C=O) groups excluding carboxylic acids is 1. The molecule has 0 aliphatic heterocycles. The van der Waals surface area contributed by atoms with E-state index in [2.05, 4.69) is 48.5 Å². The first-order valence-electron chi connectivity index (χ1n) is 10.2. The Labute approximate surface area is 172 Å². The molecule has 3 nitrogen and oxygen atoms in total. The van der Waals surface area contributed by atoms with Crippen LogP contribution < -0.4 is 4.74 Å². The number of ether oxygens (including phenoxy) is 1. The van der Waals surface area contributed by atoms with Crippen LogP contribution >= 0.6 is 0 Å². The molecule has 0 fully saturated rings. The SMILES string of the molecule is CC.CC(C)(c1ccc(O)cc1)c1ccc(OC=O)cc1.CC(C)C.CCC. The summed E-state index contributed by atoms with van der Waals surface area (Å²) in [5.74, 6) is 1.62. The summed E-state index contributed by atoms with van der Waals surface area (Å²) in [4.78, 5) is 10.3. The highest BCUT2D eigenvalue weighted by molar-refractivity contribution is 5.47. The highest BCUT2D eigenvalue weighted by atomic mass is 16.5. The topological polar surface area (TPSA) is 46.5 Å². The molecule has 2 aromatic rings. The smallest absolute Gasteiger partial charge is 0.298 e. The second-order valence-corrected chi connectivity index (χ2v) is 7.35. The van der Waals surface area contributed by atoms with Crippen LogP contribution in [-0.2, 0) is 10.2 Å². The molecule has 0 atom stereocenters. The molecule has 0 saturated heterocycles. The van der Waals surface area contributed by atoms with Crippen LogP contribution in [-0.4, -0.2) is 11.6 Å². The maximum Gasteiger partial charge on any atom is 0.298 e. The molecule has 158 valence electrons. The summed E-state index contributed by atoms with van der Waals surface area (Å²) in [6.07, 6.45) is 1.25. The second-order valence-electron chi connectivity index (χ2n) is 7.35. The maximum absolute atomic E-state index is 10.3. The van der Waals surface area contributed by atoms with E-state index >= 15 is 0 Å². The van der Waals surface area contributed by atoms with E-state index < -0.39 is 0 Å². The van der Waals surface area contributed by atoms with Gasteiger partial charge in [0, 0.05) is 5.41 Å². The molecule has 0 aromatic heterocycles. The lowest BCUT2D eigenvalue weighted by Crippen LogP contribution is -2.18. The third-order valence-electron chi connectivity index (χ3n) is 3.35. The molecule has 1 N–H and O–H groups in total. The summed E-state index contributed by atoms with van der Waals surface area (Å²) in [5, 5.41) is 9.34. The van der Waals surface area contributed by atoms with Crippen molar-refractivity contribution in [1.29, 1.82) is 0 Å². The van der Waals surface area contributed by atoms with Crippen molar-refractivity contribution in [2.75, 3.05) is 0 Å². The number of aromatic hydroxyl groups is 1. The summed E-state index contributed by atoms with van der Waals surface area (Å²) < 4.78 is 4.78. The number of phenolic OH excluding ortho intramolecular Hbond substituents is 1. The van der Waals surface area contributed by atoms with Gasteiger partial charge in [0.05, 0.1) is 0 Å². The molecule has 0 amide bonds. The Hall–Kier alpha value is -2.29. The van der Waals surface area contributed by atoms with E-state index in [9.17, 15) is 9.90 Å². The zero-order valence-electron chi connectivity index (χ0n) is 19.2. The Bertz CT molecular complexity index is 608. The third kappa shape index (κ3) is 11.4. The van der Waals surface area contributed by atoms with Crippen molar-refractivity contribution < 1.29 is 14.6 Å². The minimum absolute atomic E-state index is 0.187. The molecule has 0 radical (unpaired) electrons. The Morgan fingerprint density at radius 3 is 1.54 bits per heavy atom. The van der Waals surface area contributed by atoms with Crippen LogP contribution in [0.5, 0.6) is 11.5 Å². The van der Waals surface area contributed by atoms with Gasteiger partial charge in [0.15, 0.2) is 0 Å². The lowest BCUT2D eigenvalue weighted by Gasteiger charge is -2.26. The van der Waals surface area contributed by atoms with E-state index in [1.54, 1.807) is 24.3 Å². The third-order valence-corrected chi connectivity index (χ3v) is 3.35. The quantitative estimate of drug-likeness (QED) is 0.557. The summed E-state index contributed by atoms with van der Waals surface area (Å²) in [5.41, 5.74) is 2.03. The number of phenols is 1. The van der Waals surface area contributed by atoms with Crippen LogP contribution in [0.2, 0.25) is 0 Å². The van der Waals surface area contributed by atoms with E-state index in [1.165, 1.54) is 6.42 Å². The number of carbonyl (C=O) groups is 1. The number of rotatable bonds is 4. The van der Waals surface area contributed by atoms with Crippen molar-refractivity contribution in [1.82, 2.24) is 0 Å². The van der Waals surface area contributed by atoms with Crippen molar-refractivity contribution in [2.45, 2.75) is 74.1 Å². The van der Waals surface area contributed by atoms with Crippen molar-refractivity contribution in [3.63, 3.8) is 0 Å². The highest BCUT2D eigenvalue weighted by Gasteiger charge is 2.22. The molecule has 28 heavy (non-hydrogen) atoms. The molecule has 0 heterocycles. The fourth-order valence-corrected chi connectivity index (χ4v) is 2.05. The average Bonchev–Trinajstić information content (AvgIpc) is 2.65. The molecule has 0 aliphatic rings. The average molecular weight is 389 g/mol. The van der Waals surface area contributed by atoms with Gasteiger partial charge in [-0.2, -0.15) is 0 Å². The standard InChI is InChI=1S/C16H16O3.C4H10.C3H8.C2H6/c1-16(2,12-3-7-14(18)8-4-12)13-5-9-15(10-6-13)19-11-17;1-4(2)3;1-3-2;1-2/h3-11,18H,1-2H3;4H,1-3H3;3H2,1-2H3;1-2H3. The lowest BCUT2D eigenvalue weighted by molar-refractivity contribution is -0.120. The van der Waals surface area contributed by atoms with Gasteiger partial charge in [0.1, 0.15) is 11.5 Å². The van der Waals surface area contributed by atoms with Gasteiger partial charge < -0.3 is 9.84 Å². The van der Waals surface area contributed by atoms with Crippen molar-refractivity contribution >= 4 is 6.47 Å². The first kappa shape index (κ1) is 27.9. The first-order valence-corrected chi connectivity index (χ1v) is 10.2.